The number of carboxylic acids is 1. The van der Waals surface area contributed by atoms with Gasteiger partial charge in [-0.15, -0.1) is 0 Å². The Morgan fingerprint density at radius 1 is 1.15 bits per heavy atom. The van der Waals surface area contributed by atoms with Crippen LogP contribution in [0.5, 0.6) is 0 Å². The van der Waals surface area contributed by atoms with E-state index in [2.05, 4.69) is 6.07 Å². The van der Waals surface area contributed by atoms with E-state index in [0.717, 1.165) is 11.1 Å². The standard InChI is InChI=1S/C16H12FNO2/c17-15-7-5-12(6-8-15)14(10-18)9-11-1-3-13(4-2-11)16(19)20/h1-8,14H,9H2,(H,19,20). The summed E-state index contributed by atoms with van der Waals surface area (Å²) in [5.74, 6) is -1.70. The molecule has 0 aromatic heterocycles. The van der Waals surface area contributed by atoms with E-state index in [9.17, 15) is 14.4 Å². The van der Waals surface area contributed by atoms with Crippen LogP contribution in [-0.4, -0.2) is 11.1 Å². The maximum Gasteiger partial charge on any atom is 0.335 e. The Bertz CT molecular complexity index is 642. The van der Waals surface area contributed by atoms with Gasteiger partial charge in [0.1, 0.15) is 5.82 Å². The molecule has 2 rings (SSSR count). The zero-order valence-electron chi connectivity index (χ0n) is 10.6. The first-order chi connectivity index (χ1) is 9.60. The minimum atomic E-state index is -0.980. The molecule has 1 N–H and O–H groups in total. The number of hydrogen-bond donors (Lipinski definition) is 1. The molecule has 100 valence electrons. The van der Waals surface area contributed by atoms with Gasteiger partial charge in [0.25, 0.3) is 0 Å². The van der Waals surface area contributed by atoms with Gasteiger partial charge in [-0.25, -0.2) is 9.18 Å². The molecule has 2 aromatic carbocycles. The van der Waals surface area contributed by atoms with E-state index in [0.29, 0.717) is 6.42 Å². The first-order valence-electron chi connectivity index (χ1n) is 6.07. The molecule has 0 saturated heterocycles. The van der Waals surface area contributed by atoms with E-state index in [1.54, 1.807) is 24.3 Å². The monoisotopic (exact) mass is 269 g/mol. The molecule has 0 spiro atoms. The molecule has 1 unspecified atom stereocenters. The molecule has 20 heavy (non-hydrogen) atoms. The summed E-state index contributed by atoms with van der Waals surface area (Å²) in [5.41, 5.74) is 1.83. The average molecular weight is 269 g/mol. The number of benzene rings is 2. The molecule has 0 fully saturated rings. The topological polar surface area (TPSA) is 61.1 Å². The van der Waals surface area contributed by atoms with Crippen molar-refractivity contribution < 1.29 is 14.3 Å². The molecule has 0 saturated carbocycles. The third-order valence-corrected chi connectivity index (χ3v) is 3.07. The van der Waals surface area contributed by atoms with Gasteiger partial charge >= 0.3 is 5.97 Å². The fraction of sp³-hybridized carbons (Fsp3) is 0.125. The summed E-state index contributed by atoms with van der Waals surface area (Å²) in [6.07, 6.45) is 0.460. The Kier molecular flexibility index (Phi) is 4.11. The van der Waals surface area contributed by atoms with E-state index in [1.807, 2.05) is 0 Å². The van der Waals surface area contributed by atoms with Crippen molar-refractivity contribution in [3.8, 4) is 6.07 Å². The number of hydrogen-bond acceptors (Lipinski definition) is 2. The second-order valence-corrected chi connectivity index (χ2v) is 4.44. The molecule has 1 atom stereocenters. The zero-order valence-corrected chi connectivity index (χ0v) is 10.6. The van der Waals surface area contributed by atoms with Crippen molar-refractivity contribution in [1.29, 1.82) is 5.26 Å². The fourth-order valence-electron chi connectivity index (χ4n) is 1.95. The van der Waals surface area contributed by atoms with E-state index >= 15 is 0 Å². The van der Waals surface area contributed by atoms with Crippen molar-refractivity contribution in [1.82, 2.24) is 0 Å². The molecular formula is C16H12FNO2. The van der Waals surface area contributed by atoms with Crippen molar-refractivity contribution in [2.75, 3.05) is 0 Å². The summed E-state index contributed by atoms with van der Waals surface area (Å²) in [4.78, 5) is 10.8. The lowest BCUT2D eigenvalue weighted by Crippen LogP contribution is -2.02. The third kappa shape index (κ3) is 3.21. The molecule has 0 aliphatic carbocycles. The molecule has 0 heterocycles. The Morgan fingerprint density at radius 3 is 2.25 bits per heavy atom. The SMILES string of the molecule is N#CC(Cc1ccc(C(=O)O)cc1)c1ccc(F)cc1. The van der Waals surface area contributed by atoms with E-state index in [1.165, 1.54) is 24.3 Å². The lowest BCUT2D eigenvalue weighted by atomic mass is 9.93. The maximum atomic E-state index is 12.9. The minimum absolute atomic E-state index is 0.212. The number of carbonyl (C=O) groups is 1. The number of carboxylic acid groups (broad SMARTS) is 1. The lowest BCUT2D eigenvalue weighted by molar-refractivity contribution is 0.0697. The van der Waals surface area contributed by atoms with Gasteiger partial charge in [-0.1, -0.05) is 24.3 Å². The van der Waals surface area contributed by atoms with Crippen LogP contribution in [-0.2, 0) is 6.42 Å². The van der Waals surface area contributed by atoms with Gasteiger partial charge < -0.3 is 5.11 Å². The predicted molar refractivity (Wildman–Crippen MR) is 71.9 cm³/mol. The molecule has 0 aliphatic rings. The highest BCUT2D eigenvalue weighted by atomic mass is 19.1. The van der Waals surface area contributed by atoms with Gasteiger partial charge in [-0.2, -0.15) is 5.26 Å². The van der Waals surface area contributed by atoms with Crippen LogP contribution in [0.3, 0.4) is 0 Å². The number of aromatic carboxylic acids is 1. The average Bonchev–Trinajstić information content (AvgIpc) is 2.46. The van der Waals surface area contributed by atoms with Crippen LogP contribution in [0.4, 0.5) is 4.39 Å². The van der Waals surface area contributed by atoms with E-state index in [4.69, 9.17) is 5.11 Å². The predicted octanol–water partition coefficient (Wildman–Crippen LogP) is 3.37. The molecule has 2 aromatic rings. The Hall–Kier alpha value is -2.67. The second kappa shape index (κ2) is 5.98. The van der Waals surface area contributed by atoms with Gasteiger partial charge in [0.2, 0.25) is 0 Å². The minimum Gasteiger partial charge on any atom is -0.478 e. The molecule has 0 radical (unpaired) electrons. The normalized spacial score (nSPS) is 11.6. The summed E-state index contributed by atoms with van der Waals surface area (Å²) < 4.78 is 12.9. The first-order valence-corrected chi connectivity index (χ1v) is 6.07. The summed E-state index contributed by atoms with van der Waals surface area (Å²) in [6.45, 7) is 0. The van der Waals surface area contributed by atoms with Gasteiger partial charge in [0.15, 0.2) is 0 Å². The molecule has 0 bridgehead atoms. The van der Waals surface area contributed by atoms with Crippen LogP contribution < -0.4 is 0 Å². The van der Waals surface area contributed by atoms with E-state index in [-0.39, 0.29) is 17.3 Å². The Labute approximate surface area is 115 Å². The largest absolute Gasteiger partial charge is 0.478 e. The van der Waals surface area contributed by atoms with Crippen molar-refractivity contribution in [2.45, 2.75) is 12.3 Å². The molecule has 0 amide bonds. The van der Waals surface area contributed by atoms with Crippen molar-refractivity contribution >= 4 is 5.97 Å². The van der Waals surface area contributed by atoms with E-state index < -0.39 is 5.97 Å². The van der Waals surface area contributed by atoms with Gasteiger partial charge in [0, 0.05) is 0 Å². The van der Waals surface area contributed by atoms with Crippen molar-refractivity contribution in [3.63, 3.8) is 0 Å². The molecule has 0 aliphatic heterocycles. The highest BCUT2D eigenvalue weighted by molar-refractivity contribution is 5.87. The molecular weight excluding hydrogens is 257 g/mol. The lowest BCUT2D eigenvalue weighted by Gasteiger charge is -2.09. The van der Waals surface area contributed by atoms with Gasteiger partial charge in [0.05, 0.1) is 17.6 Å². The summed E-state index contributed by atoms with van der Waals surface area (Å²) >= 11 is 0. The van der Waals surface area contributed by atoms with Crippen LogP contribution in [0.15, 0.2) is 48.5 Å². The second-order valence-electron chi connectivity index (χ2n) is 4.44. The Morgan fingerprint density at radius 2 is 1.75 bits per heavy atom. The summed E-state index contributed by atoms with van der Waals surface area (Å²) in [6, 6.07) is 14.4. The van der Waals surface area contributed by atoms with Gasteiger partial charge in [-0.05, 0) is 41.8 Å². The zero-order chi connectivity index (χ0) is 14.5. The first kappa shape index (κ1) is 13.8. The maximum absolute atomic E-state index is 12.9. The van der Waals surface area contributed by atoms with Crippen LogP contribution in [0.2, 0.25) is 0 Å². The van der Waals surface area contributed by atoms with Gasteiger partial charge in [-0.3, -0.25) is 0 Å². The number of nitriles is 1. The highest BCUT2D eigenvalue weighted by Crippen LogP contribution is 2.21. The smallest absolute Gasteiger partial charge is 0.335 e. The molecule has 3 nitrogen and oxygen atoms in total. The fourth-order valence-corrected chi connectivity index (χ4v) is 1.95. The number of halogens is 1. The molecule has 4 heteroatoms. The van der Waals surface area contributed by atoms with Crippen LogP contribution in [0.1, 0.15) is 27.4 Å². The van der Waals surface area contributed by atoms with Crippen molar-refractivity contribution in [2.24, 2.45) is 0 Å². The van der Waals surface area contributed by atoms with Crippen molar-refractivity contribution in [3.05, 3.63) is 71.0 Å². The summed E-state index contributed by atoms with van der Waals surface area (Å²) in [7, 11) is 0. The van der Waals surface area contributed by atoms with Crippen LogP contribution in [0.25, 0.3) is 0 Å². The number of rotatable bonds is 4. The third-order valence-electron chi connectivity index (χ3n) is 3.07. The van der Waals surface area contributed by atoms with Crippen LogP contribution in [0, 0.1) is 17.1 Å². The Balaban J connectivity index is 2.16. The quantitative estimate of drug-likeness (QED) is 0.925. The number of nitrogens with zero attached hydrogens (tertiary/aromatic N) is 1. The summed E-state index contributed by atoms with van der Waals surface area (Å²) in [5, 5.41) is 18.0. The highest BCUT2D eigenvalue weighted by Gasteiger charge is 2.12. The van der Waals surface area contributed by atoms with Crippen LogP contribution >= 0.6 is 0 Å².